The summed E-state index contributed by atoms with van der Waals surface area (Å²) in [4.78, 5) is 40.5. The Labute approximate surface area is 243 Å². The van der Waals surface area contributed by atoms with Crippen LogP contribution in [0, 0.1) is 5.92 Å². The van der Waals surface area contributed by atoms with E-state index in [1.807, 2.05) is 48.5 Å². The van der Waals surface area contributed by atoms with E-state index >= 15 is 0 Å². The van der Waals surface area contributed by atoms with Gasteiger partial charge in [0.25, 0.3) is 0 Å². The fourth-order valence-corrected chi connectivity index (χ4v) is 6.18. The van der Waals surface area contributed by atoms with E-state index in [1.165, 1.54) is 0 Å². The lowest BCUT2D eigenvalue weighted by Gasteiger charge is -2.42. The maximum absolute atomic E-state index is 14.6. The van der Waals surface area contributed by atoms with Crippen LogP contribution in [0.4, 0.5) is 0 Å². The van der Waals surface area contributed by atoms with Gasteiger partial charge in [0.15, 0.2) is 5.78 Å². The summed E-state index contributed by atoms with van der Waals surface area (Å²) in [5, 5.41) is 6.32. The molecule has 0 radical (unpaired) electrons. The Morgan fingerprint density at radius 3 is 2.38 bits per heavy atom. The minimum absolute atomic E-state index is 0. The molecule has 2 unspecified atom stereocenters. The number of nitrogens with one attached hydrogen (secondary N) is 2. The van der Waals surface area contributed by atoms with Crippen molar-refractivity contribution in [3.63, 3.8) is 0 Å². The van der Waals surface area contributed by atoms with Gasteiger partial charge in [0.1, 0.15) is 6.04 Å². The van der Waals surface area contributed by atoms with Crippen molar-refractivity contribution in [2.24, 2.45) is 11.7 Å². The van der Waals surface area contributed by atoms with Gasteiger partial charge in [-0.25, -0.2) is 0 Å². The van der Waals surface area contributed by atoms with Gasteiger partial charge in [-0.3, -0.25) is 14.4 Å². The summed E-state index contributed by atoms with van der Waals surface area (Å²) in [5.74, 6) is -1.77. The fourth-order valence-electron chi connectivity index (χ4n) is 6.18. The lowest BCUT2D eigenvalue weighted by atomic mass is 9.64. The van der Waals surface area contributed by atoms with Crippen LogP contribution >= 0.6 is 12.4 Å². The summed E-state index contributed by atoms with van der Waals surface area (Å²) >= 11 is 0. The van der Waals surface area contributed by atoms with E-state index in [0.29, 0.717) is 6.61 Å². The Morgan fingerprint density at radius 1 is 1.07 bits per heavy atom. The Hall–Kier alpha value is -2.78. The normalized spacial score (nSPS) is 20.2. The van der Waals surface area contributed by atoms with Crippen LogP contribution in [0.1, 0.15) is 62.6 Å². The van der Waals surface area contributed by atoms with E-state index in [-0.39, 0.29) is 49.7 Å². The first-order valence-corrected chi connectivity index (χ1v) is 13.9. The van der Waals surface area contributed by atoms with E-state index in [0.717, 1.165) is 42.6 Å². The van der Waals surface area contributed by atoms with Crippen LogP contribution in [0.25, 0.3) is 0 Å². The molecule has 0 aromatic heterocycles. The van der Waals surface area contributed by atoms with E-state index in [4.69, 9.17) is 15.2 Å². The molecule has 2 aliphatic rings. The number of fused-ring (bicyclic) bond motifs is 2. The summed E-state index contributed by atoms with van der Waals surface area (Å²) in [6, 6.07) is 16.8. The number of rotatable bonds is 11. The maximum Gasteiger partial charge on any atom is 0.306 e. The second-order valence-electron chi connectivity index (χ2n) is 11.2. The maximum atomic E-state index is 14.6. The second kappa shape index (κ2) is 13.7. The molecule has 40 heavy (non-hydrogen) atoms. The predicted octanol–water partition coefficient (Wildman–Crippen LogP) is 3.40. The Bertz CT molecular complexity index is 1160. The molecule has 1 heterocycles. The number of amides is 1. The first-order chi connectivity index (χ1) is 18.7. The standard InChI is InChI=1S/C31H41N3O5.ClH/c1-4-39-26(35)18-23-22-12-8-9-13-24(22)31(14-16-33-17-15-31)27(23)28(36)25(34-29(37)30(2,3)32)20-38-19-21-10-6-5-7-11-21;/h5-13,23,25,27,33H,4,14-20,32H2,1-3H3,(H,34,37);1H/t23?,25-,27?;/m1./s1. The summed E-state index contributed by atoms with van der Waals surface area (Å²) in [7, 11) is 0. The molecule has 0 saturated carbocycles. The van der Waals surface area contributed by atoms with Gasteiger partial charge in [-0.2, -0.15) is 0 Å². The molecule has 218 valence electrons. The van der Waals surface area contributed by atoms with Crippen molar-refractivity contribution >= 4 is 30.1 Å². The van der Waals surface area contributed by atoms with Gasteiger partial charge >= 0.3 is 5.97 Å². The minimum atomic E-state index is -1.17. The number of benzene rings is 2. The summed E-state index contributed by atoms with van der Waals surface area (Å²) in [6.45, 7) is 7.11. The van der Waals surface area contributed by atoms with Gasteiger partial charge in [-0.1, -0.05) is 54.6 Å². The van der Waals surface area contributed by atoms with Crippen LogP contribution in [-0.2, 0) is 35.9 Å². The SMILES string of the molecule is CCOC(=O)CC1c2ccccc2C2(CCNCC2)C1C(=O)[C@@H](COCc1ccccc1)NC(=O)C(C)(C)N.Cl. The zero-order valence-corrected chi connectivity index (χ0v) is 24.4. The molecule has 9 heteroatoms. The lowest BCUT2D eigenvalue weighted by molar-refractivity contribution is -0.144. The molecule has 3 atom stereocenters. The topological polar surface area (TPSA) is 120 Å². The van der Waals surface area contributed by atoms with Crippen molar-refractivity contribution in [1.82, 2.24) is 10.6 Å². The van der Waals surface area contributed by atoms with Crippen LogP contribution in [-0.4, -0.2) is 55.5 Å². The van der Waals surface area contributed by atoms with Crippen LogP contribution in [0.5, 0.6) is 0 Å². The second-order valence-corrected chi connectivity index (χ2v) is 11.2. The van der Waals surface area contributed by atoms with E-state index < -0.39 is 28.8 Å². The number of hydrogen-bond donors (Lipinski definition) is 3. The van der Waals surface area contributed by atoms with Crippen molar-refractivity contribution < 1.29 is 23.9 Å². The summed E-state index contributed by atoms with van der Waals surface area (Å²) < 4.78 is 11.3. The van der Waals surface area contributed by atoms with Gasteiger partial charge in [-0.05, 0) is 63.4 Å². The van der Waals surface area contributed by atoms with Crippen molar-refractivity contribution in [3.05, 3.63) is 71.3 Å². The number of ketones is 1. The molecular weight excluding hydrogens is 530 g/mol. The van der Waals surface area contributed by atoms with E-state index in [1.54, 1.807) is 20.8 Å². The van der Waals surface area contributed by atoms with Crippen molar-refractivity contribution in [3.8, 4) is 0 Å². The monoisotopic (exact) mass is 571 g/mol. The number of piperidine rings is 1. The molecule has 4 rings (SSSR count). The number of halogens is 1. The molecule has 1 aliphatic heterocycles. The molecule has 1 fully saturated rings. The van der Waals surface area contributed by atoms with E-state index in [9.17, 15) is 14.4 Å². The minimum Gasteiger partial charge on any atom is -0.466 e. The van der Waals surface area contributed by atoms with Gasteiger partial charge in [-0.15, -0.1) is 12.4 Å². The number of carbonyl (C=O) groups excluding carboxylic acids is 3. The van der Waals surface area contributed by atoms with Crippen molar-refractivity contribution in [2.45, 2.75) is 69.6 Å². The highest BCUT2D eigenvalue weighted by Gasteiger charge is 2.56. The van der Waals surface area contributed by atoms with Crippen molar-refractivity contribution in [1.29, 1.82) is 0 Å². The van der Waals surface area contributed by atoms with Gasteiger partial charge in [0, 0.05) is 17.3 Å². The number of ether oxygens (including phenoxy) is 2. The molecule has 0 bridgehead atoms. The first-order valence-electron chi connectivity index (χ1n) is 13.9. The molecule has 8 nitrogen and oxygen atoms in total. The zero-order chi connectivity index (χ0) is 28.0. The average molecular weight is 572 g/mol. The summed E-state index contributed by atoms with van der Waals surface area (Å²) in [5.41, 5.74) is 7.58. The van der Waals surface area contributed by atoms with Crippen molar-refractivity contribution in [2.75, 3.05) is 26.3 Å². The molecule has 2 aromatic carbocycles. The number of hydrogen-bond acceptors (Lipinski definition) is 7. The Morgan fingerprint density at radius 2 is 1.73 bits per heavy atom. The highest BCUT2D eigenvalue weighted by atomic mass is 35.5. The molecule has 1 spiro atoms. The highest BCUT2D eigenvalue weighted by Crippen LogP contribution is 2.56. The van der Waals surface area contributed by atoms with Gasteiger partial charge in [0.2, 0.25) is 5.91 Å². The molecule has 1 saturated heterocycles. The third kappa shape index (κ3) is 6.92. The third-order valence-electron chi connectivity index (χ3n) is 8.02. The third-order valence-corrected chi connectivity index (χ3v) is 8.02. The van der Waals surface area contributed by atoms with Gasteiger partial charge < -0.3 is 25.8 Å². The molecular formula is C31H42ClN3O5. The Kier molecular flexibility index (Phi) is 10.9. The zero-order valence-electron chi connectivity index (χ0n) is 23.6. The number of esters is 1. The largest absolute Gasteiger partial charge is 0.466 e. The Balaban J connectivity index is 0.00000441. The fraction of sp³-hybridized carbons (Fsp3) is 0.516. The van der Waals surface area contributed by atoms with Crippen LogP contribution in [0.3, 0.4) is 0 Å². The lowest BCUT2D eigenvalue weighted by Crippen LogP contribution is -2.58. The molecule has 4 N–H and O–H groups in total. The van der Waals surface area contributed by atoms with Crippen LogP contribution < -0.4 is 16.4 Å². The molecule has 1 amide bonds. The predicted molar refractivity (Wildman–Crippen MR) is 156 cm³/mol. The number of Topliss-reactive ketones (excluding diaryl/α,β-unsaturated/α-hetero) is 1. The number of nitrogens with two attached hydrogens (primary N) is 1. The highest BCUT2D eigenvalue weighted by molar-refractivity contribution is 5.95. The van der Waals surface area contributed by atoms with Gasteiger partial charge in [0.05, 0.1) is 31.8 Å². The quantitative estimate of drug-likeness (QED) is 0.354. The van der Waals surface area contributed by atoms with Crippen LogP contribution in [0.2, 0.25) is 0 Å². The van der Waals surface area contributed by atoms with E-state index in [2.05, 4.69) is 16.7 Å². The smallest absolute Gasteiger partial charge is 0.306 e. The van der Waals surface area contributed by atoms with Crippen LogP contribution in [0.15, 0.2) is 54.6 Å². The average Bonchev–Trinajstić information content (AvgIpc) is 3.16. The summed E-state index contributed by atoms with van der Waals surface area (Å²) in [6.07, 6.45) is 1.62. The molecule has 1 aliphatic carbocycles. The molecule has 2 aromatic rings. The first kappa shape index (κ1) is 31.7. The number of carbonyl (C=O) groups is 3.